The third-order valence-corrected chi connectivity index (χ3v) is 14.5. The number of hydrogen-bond acceptors (Lipinski definition) is 3. The van der Waals surface area contributed by atoms with Crippen LogP contribution in [-0.2, 0) is 0 Å². The molecule has 0 N–H and O–H groups in total. The number of nitrogens with zero attached hydrogens (tertiary/aromatic N) is 4. The van der Waals surface area contributed by atoms with Gasteiger partial charge in [0.15, 0.2) is 8.07 Å². The number of rotatable bonds is 6. The van der Waals surface area contributed by atoms with Gasteiger partial charge in [0.05, 0.1) is 51.6 Å². The van der Waals surface area contributed by atoms with Crippen LogP contribution in [-0.4, -0.2) is 12.6 Å². The normalized spacial score (nSPS) is 11.1. The van der Waals surface area contributed by atoms with Crippen LogP contribution in [0.4, 0.5) is 0 Å². The van der Waals surface area contributed by atoms with Crippen LogP contribution < -0.4 is 20.7 Å². The van der Waals surface area contributed by atoms with Gasteiger partial charge in [0, 0.05) is 21.9 Å². The Hall–Kier alpha value is -6.97. The zero-order valence-electron chi connectivity index (χ0n) is 27.0. The van der Waals surface area contributed by atoms with Crippen LogP contribution in [0.15, 0.2) is 170 Å². The Balaban J connectivity index is 1.56. The lowest BCUT2D eigenvalue weighted by atomic mass is 9.96. The van der Waals surface area contributed by atoms with Crippen molar-refractivity contribution in [1.29, 1.82) is 15.8 Å². The highest BCUT2D eigenvalue weighted by Crippen LogP contribution is 2.38. The molecule has 1 aromatic heterocycles. The molecular formula is C45H28N4Si. The molecule has 0 radical (unpaired) electrons. The van der Waals surface area contributed by atoms with Crippen molar-refractivity contribution in [2.45, 2.75) is 0 Å². The summed E-state index contributed by atoms with van der Waals surface area (Å²) in [5.41, 5.74) is 5.98. The smallest absolute Gasteiger partial charge is 0.180 e. The maximum atomic E-state index is 10.9. The predicted octanol–water partition coefficient (Wildman–Crippen LogP) is 7.44. The van der Waals surface area contributed by atoms with Crippen molar-refractivity contribution in [2.24, 2.45) is 0 Å². The first kappa shape index (κ1) is 30.4. The quantitative estimate of drug-likeness (QED) is 0.138. The summed E-state index contributed by atoms with van der Waals surface area (Å²) < 4.78 is 2.21. The van der Waals surface area contributed by atoms with Crippen LogP contribution in [0.5, 0.6) is 0 Å². The fraction of sp³-hybridized carbons (Fsp3) is 0. The van der Waals surface area contributed by atoms with E-state index in [0.29, 0.717) is 16.7 Å². The minimum Gasteiger partial charge on any atom is -0.309 e. The van der Waals surface area contributed by atoms with Crippen molar-refractivity contribution in [3.63, 3.8) is 0 Å². The molecule has 8 rings (SSSR count). The largest absolute Gasteiger partial charge is 0.309 e. The molecule has 0 saturated carbocycles. The lowest BCUT2D eigenvalue weighted by molar-refractivity contribution is 1.18. The number of hydrogen-bond donors (Lipinski definition) is 0. The Morgan fingerprint density at radius 3 is 1.58 bits per heavy atom. The summed E-state index contributed by atoms with van der Waals surface area (Å²) in [5.74, 6) is 0. The molecular weight excluding hydrogens is 625 g/mol. The van der Waals surface area contributed by atoms with E-state index >= 15 is 0 Å². The SMILES string of the molecule is N#Cc1ccc(-n2c3ccccc3c3cc(C#N)ccc32)c(-c2c(C#N)cccc2[Si](c2ccccc2)(c2ccccc2)c2ccccc2)c1. The first-order chi connectivity index (χ1) is 24.7. The lowest BCUT2D eigenvalue weighted by Gasteiger charge is -2.36. The van der Waals surface area contributed by atoms with Crippen LogP contribution in [0.2, 0.25) is 0 Å². The van der Waals surface area contributed by atoms with Crippen molar-refractivity contribution in [1.82, 2.24) is 4.57 Å². The molecule has 5 heteroatoms. The van der Waals surface area contributed by atoms with E-state index in [-0.39, 0.29) is 0 Å². The highest BCUT2D eigenvalue weighted by atomic mass is 28.3. The van der Waals surface area contributed by atoms with Crippen LogP contribution in [0.1, 0.15) is 16.7 Å². The van der Waals surface area contributed by atoms with Crippen molar-refractivity contribution < 1.29 is 0 Å². The fourth-order valence-electron chi connectivity index (χ4n) is 7.58. The van der Waals surface area contributed by atoms with E-state index < -0.39 is 8.07 Å². The molecule has 8 aromatic rings. The molecule has 0 aliphatic carbocycles. The zero-order valence-corrected chi connectivity index (χ0v) is 28.0. The number of aromatic nitrogens is 1. The molecule has 0 amide bonds. The molecule has 50 heavy (non-hydrogen) atoms. The van der Waals surface area contributed by atoms with Gasteiger partial charge in [0.25, 0.3) is 0 Å². The standard InChI is InChI=1S/C45H28N4Si/c46-29-32-23-25-42-39(27-32)38-20-10-11-21-41(38)49(42)43-26-24-33(30-47)28-40(43)45-34(31-48)13-12-22-44(45)50(35-14-4-1-5-15-35,36-16-6-2-7-17-36)37-18-8-3-9-19-37/h1-28H. The van der Waals surface area contributed by atoms with Gasteiger partial charge >= 0.3 is 0 Å². The average molecular weight is 653 g/mol. The second kappa shape index (κ2) is 12.6. The van der Waals surface area contributed by atoms with Crippen LogP contribution >= 0.6 is 0 Å². The lowest BCUT2D eigenvalue weighted by Crippen LogP contribution is -2.75. The van der Waals surface area contributed by atoms with Gasteiger partial charge in [0.2, 0.25) is 0 Å². The summed E-state index contributed by atoms with van der Waals surface area (Å²) in [5, 5.41) is 37.6. The second-order valence-electron chi connectivity index (χ2n) is 12.2. The Morgan fingerprint density at radius 1 is 0.440 bits per heavy atom. The number of fused-ring (bicyclic) bond motifs is 3. The maximum absolute atomic E-state index is 10.9. The van der Waals surface area contributed by atoms with Gasteiger partial charge < -0.3 is 4.57 Å². The number of para-hydroxylation sites is 1. The Morgan fingerprint density at radius 2 is 0.980 bits per heavy atom. The molecule has 0 aliphatic rings. The van der Waals surface area contributed by atoms with E-state index in [2.05, 4.69) is 114 Å². The summed E-state index contributed by atoms with van der Waals surface area (Å²) >= 11 is 0. The summed E-state index contributed by atoms with van der Waals surface area (Å²) in [6.07, 6.45) is 0. The van der Waals surface area contributed by atoms with Gasteiger partial charge in [-0.25, -0.2) is 0 Å². The van der Waals surface area contributed by atoms with Gasteiger partial charge in [-0.15, -0.1) is 0 Å². The highest BCUT2D eigenvalue weighted by Gasteiger charge is 2.43. The summed E-state index contributed by atoms with van der Waals surface area (Å²) in [7, 11) is -3.11. The van der Waals surface area contributed by atoms with Crippen molar-refractivity contribution in [2.75, 3.05) is 0 Å². The van der Waals surface area contributed by atoms with Gasteiger partial charge in [-0.3, -0.25) is 0 Å². The molecule has 0 unspecified atom stereocenters. The topological polar surface area (TPSA) is 76.3 Å². The van der Waals surface area contributed by atoms with Crippen LogP contribution in [0.25, 0.3) is 38.6 Å². The molecule has 0 fully saturated rings. The molecule has 7 aromatic carbocycles. The number of benzene rings is 7. The van der Waals surface area contributed by atoms with Crippen LogP contribution in [0, 0.1) is 34.0 Å². The molecule has 1 heterocycles. The zero-order chi connectivity index (χ0) is 34.1. The molecule has 0 spiro atoms. The minimum atomic E-state index is -3.11. The van der Waals surface area contributed by atoms with Crippen molar-refractivity contribution in [3.8, 4) is 35.0 Å². The fourth-order valence-corrected chi connectivity index (χ4v) is 12.6. The molecule has 0 saturated heterocycles. The Labute approximate surface area is 291 Å². The molecule has 0 aliphatic heterocycles. The van der Waals surface area contributed by atoms with E-state index in [1.54, 1.807) is 0 Å². The molecule has 0 bridgehead atoms. The molecule has 0 atom stereocenters. The third kappa shape index (κ3) is 4.72. The van der Waals surface area contributed by atoms with E-state index in [0.717, 1.165) is 43.8 Å². The maximum Gasteiger partial charge on any atom is 0.180 e. The Kier molecular flexibility index (Phi) is 7.63. The first-order valence-corrected chi connectivity index (χ1v) is 18.4. The predicted molar refractivity (Wildman–Crippen MR) is 204 cm³/mol. The minimum absolute atomic E-state index is 0.501. The third-order valence-electron chi connectivity index (χ3n) is 9.65. The summed E-state index contributed by atoms with van der Waals surface area (Å²) in [4.78, 5) is 0. The van der Waals surface area contributed by atoms with Crippen molar-refractivity contribution in [3.05, 3.63) is 187 Å². The summed E-state index contributed by atoms with van der Waals surface area (Å²) in [6.45, 7) is 0. The van der Waals surface area contributed by atoms with Gasteiger partial charge in [-0.05, 0) is 69.3 Å². The van der Waals surface area contributed by atoms with Gasteiger partial charge in [-0.2, -0.15) is 15.8 Å². The van der Waals surface area contributed by atoms with E-state index in [1.165, 1.54) is 15.6 Å². The Bertz CT molecular complexity index is 2580. The second-order valence-corrected chi connectivity index (χ2v) is 16.0. The van der Waals surface area contributed by atoms with E-state index in [4.69, 9.17) is 0 Å². The van der Waals surface area contributed by atoms with Crippen molar-refractivity contribution >= 4 is 50.6 Å². The molecule has 232 valence electrons. The van der Waals surface area contributed by atoms with Gasteiger partial charge in [-0.1, -0.05) is 121 Å². The summed E-state index contributed by atoms with van der Waals surface area (Å²) in [6, 6.07) is 64.9. The van der Waals surface area contributed by atoms with E-state index in [1.807, 2.05) is 78.9 Å². The highest BCUT2D eigenvalue weighted by molar-refractivity contribution is 7.20. The van der Waals surface area contributed by atoms with E-state index in [9.17, 15) is 15.8 Å². The van der Waals surface area contributed by atoms with Crippen LogP contribution in [0.3, 0.4) is 0 Å². The monoisotopic (exact) mass is 652 g/mol. The first-order valence-electron chi connectivity index (χ1n) is 16.4. The number of nitriles is 3. The van der Waals surface area contributed by atoms with Gasteiger partial charge in [0.1, 0.15) is 0 Å². The molecule has 4 nitrogen and oxygen atoms in total. The average Bonchev–Trinajstić information content (AvgIpc) is 3.52.